The predicted octanol–water partition coefficient (Wildman–Crippen LogP) is 1.68. The first-order chi connectivity index (χ1) is 8.85. The molecule has 1 aliphatic heterocycles. The number of carbonyl (C=O) groups excluding carboxylic acids is 1. The van der Waals surface area contributed by atoms with E-state index in [1.54, 1.807) is 4.90 Å². The average Bonchev–Trinajstić information content (AvgIpc) is 2.74. The summed E-state index contributed by atoms with van der Waals surface area (Å²) in [6, 6.07) is 0. The van der Waals surface area contributed by atoms with Crippen LogP contribution in [0.4, 0.5) is 4.79 Å². The van der Waals surface area contributed by atoms with Gasteiger partial charge in [0.25, 0.3) is 0 Å². The molecule has 1 aromatic heterocycles. The van der Waals surface area contributed by atoms with Gasteiger partial charge in [-0.05, 0) is 43.4 Å². The smallest absolute Gasteiger partial charge is 0.410 e. The van der Waals surface area contributed by atoms with E-state index in [4.69, 9.17) is 4.74 Å². The van der Waals surface area contributed by atoms with Crippen molar-refractivity contribution in [3.63, 3.8) is 0 Å². The van der Waals surface area contributed by atoms with Gasteiger partial charge in [0.05, 0.1) is 29.1 Å². The first kappa shape index (κ1) is 14.4. The van der Waals surface area contributed by atoms with Crippen LogP contribution in [0, 0.1) is 3.57 Å². The molecule has 0 spiro atoms. The molecule has 1 fully saturated rings. The average molecular weight is 378 g/mol. The third-order valence-corrected chi connectivity index (χ3v) is 3.29. The molecule has 2 rings (SSSR count). The van der Waals surface area contributed by atoms with Crippen molar-refractivity contribution in [1.82, 2.24) is 14.8 Å². The molecule has 106 valence electrons. The maximum atomic E-state index is 11.9. The minimum absolute atomic E-state index is 0.234. The fourth-order valence-corrected chi connectivity index (χ4v) is 2.23. The summed E-state index contributed by atoms with van der Waals surface area (Å²) in [7, 11) is 0. The van der Waals surface area contributed by atoms with Crippen LogP contribution in [-0.4, -0.2) is 52.7 Å². The molecule has 0 radical (unpaired) electrons. The van der Waals surface area contributed by atoms with E-state index in [1.165, 1.54) is 0 Å². The molecule has 19 heavy (non-hydrogen) atoms. The van der Waals surface area contributed by atoms with E-state index in [2.05, 4.69) is 32.7 Å². The molecular weight excluding hydrogens is 359 g/mol. The topological polar surface area (TPSA) is 50.6 Å². The highest BCUT2D eigenvalue weighted by molar-refractivity contribution is 14.1. The van der Waals surface area contributed by atoms with E-state index in [0.29, 0.717) is 13.1 Å². The first-order valence-electron chi connectivity index (χ1n) is 6.28. The number of piperazine rings is 1. The maximum Gasteiger partial charge on any atom is 0.410 e. The Morgan fingerprint density at radius 3 is 2.42 bits per heavy atom. The lowest BCUT2D eigenvalue weighted by Crippen LogP contribution is -2.53. The lowest BCUT2D eigenvalue weighted by atomic mass is 10.2. The Balaban J connectivity index is 1.87. The summed E-state index contributed by atoms with van der Waals surface area (Å²) in [4.78, 5) is 15.5. The highest BCUT2D eigenvalue weighted by Crippen LogP contribution is 2.12. The minimum atomic E-state index is -0.438. The Hall–Kier alpha value is -0.990. The van der Waals surface area contributed by atoms with Crippen LogP contribution in [0.5, 0.6) is 0 Å². The molecule has 0 bridgehead atoms. The van der Waals surface area contributed by atoms with Gasteiger partial charge in [-0.15, -0.1) is 0 Å². The number of rotatable bonds is 1. The number of aromatic nitrogens is 2. The zero-order valence-corrected chi connectivity index (χ0v) is 13.6. The number of amides is 1. The van der Waals surface area contributed by atoms with Crippen molar-refractivity contribution in [2.24, 2.45) is 0 Å². The number of ether oxygens (including phenoxy) is 1. The molecule has 0 aromatic carbocycles. The molecule has 7 heteroatoms. The van der Waals surface area contributed by atoms with E-state index in [-0.39, 0.29) is 6.09 Å². The summed E-state index contributed by atoms with van der Waals surface area (Å²) in [5.41, 5.74) is -0.438. The predicted molar refractivity (Wildman–Crippen MR) is 80.7 cm³/mol. The third-order valence-electron chi connectivity index (χ3n) is 2.74. The van der Waals surface area contributed by atoms with E-state index in [0.717, 1.165) is 16.7 Å². The summed E-state index contributed by atoms with van der Waals surface area (Å²) in [6.07, 6.45) is 3.56. The largest absolute Gasteiger partial charge is 0.444 e. The molecule has 0 saturated carbocycles. The number of halogens is 1. The van der Waals surface area contributed by atoms with E-state index < -0.39 is 5.60 Å². The molecule has 0 N–H and O–H groups in total. The highest BCUT2D eigenvalue weighted by Gasteiger charge is 2.26. The standard InChI is InChI=1S/C12H19IN4O2/c1-12(2,3)19-11(18)15-4-6-16(7-5-15)17-9-10(13)8-14-17/h8-9H,4-7H2,1-3H3. The van der Waals surface area contributed by atoms with Gasteiger partial charge in [-0.3, -0.25) is 5.01 Å². The van der Waals surface area contributed by atoms with Gasteiger partial charge >= 0.3 is 6.09 Å². The molecule has 2 heterocycles. The van der Waals surface area contributed by atoms with Gasteiger partial charge in [0.2, 0.25) is 0 Å². The SMILES string of the molecule is CC(C)(C)OC(=O)N1CCN(n2cc(I)cn2)CC1. The van der Waals surface area contributed by atoms with Crippen LogP contribution in [-0.2, 0) is 4.74 Å². The van der Waals surface area contributed by atoms with Crippen LogP contribution >= 0.6 is 22.6 Å². The van der Waals surface area contributed by atoms with Crippen molar-refractivity contribution >= 4 is 28.7 Å². The molecule has 0 aliphatic carbocycles. The van der Waals surface area contributed by atoms with Crippen molar-refractivity contribution in [1.29, 1.82) is 0 Å². The van der Waals surface area contributed by atoms with E-state index in [9.17, 15) is 4.79 Å². The molecule has 1 aromatic rings. The highest BCUT2D eigenvalue weighted by atomic mass is 127. The molecule has 1 aliphatic rings. The summed E-state index contributed by atoms with van der Waals surface area (Å²) in [5.74, 6) is 0. The van der Waals surface area contributed by atoms with Crippen LogP contribution in [0.3, 0.4) is 0 Å². The summed E-state index contributed by atoms with van der Waals surface area (Å²) < 4.78 is 6.47. The summed E-state index contributed by atoms with van der Waals surface area (Å²) in [6.45, 7) is 8.48. The van der Waals surface area contributed by atoms with Gasteiger partial charge < -0.3 is 9.64 Å². The fourth-order valence-electron chi connectivity index (χ4n) is 1.86. The molecule has 0 atom stereocenters. The second-order valence-corrected chi connectivity index (χ2v) is 6.75. The van der Waals surface area contributed by atoms with Crippen LogP contribution in [0.2, 0.25) is 0 Å². The Kier molecular flexibility index (Phi) is 4.22. The fraction of sp³-hybridized carbons (Fsp3) is 0.667. The number of hydrogen-bond acceptors (Lipinski definition) is 4. The maximum absolute atomic E-state index is 11.9. The van der Waals surface area contributed by atoms with E-state index >= 15 is 0 Å². The second kappa shape index (κ2) is 5.56. The van der Waals surface area contributed by atoms with Crippen LogP contribution in [0.15, 0.2) is 12.4 Å². The number of nitrogens with zero attached hydrogens (tertiary/aromatic N) is 4. The van der Waals surface area contributed by atoms with E-state index in [1.807, 2.05) is 38.0 Å². The van der Waals surface area contributed by atoms with Crippen molar-refractivity contribution in [2.45, 2.75) is 26.4 Å². The normalized spacial score (nSPS) is 16.6. The summed E-state index contributed by atoms with van der Waals surface area (Å²) >= 11 is 2.23. The molecule has 0 unspecified atom stereocenters. The van der Waals surface area contributed by atoms with Crippen LogP contribution < -0.4 is 5.01 Å². The van der Waals surface area contributed by atoms with Gasteiger partial charge in [-0.1, -0.05) is 0 Å². The molecular formula is C12H19IN4O2. The zero-order chi connectivity index (χ0) is 14.0. The first-order valence-corrected chi connectivity index (χ1v) is 7.36. The van der Waals surface area contributed by atoms with Crippen molar-refractivity contribution < 1.29 is 9.53 Å². The summed E-state index contributed by atoms with van der Waals surface area (Å²) in [5, 5.41) is 6.38. The lowest BCUT2D eigenvalue weighted by molar-refractivity contribution is 0.0230. The van der Waals surface area contributed by atoms with Crippen molar-refractivity contribution in [3.05, 3.63) is 16.0 Å². The molecule has 1 saturated heterocycles. The van der Waals surface area contributed by atoms with Crippen LogP contribution in [0.1, 0.15) is 20.8 Å². The lowest BCUT2D eigenvalue weighted by Gasteiger charge is -2.36. The quantitative estimate of drug-likeness (QED) is 0.698. The van der Waals surface area contributed by atoms with Gasteiger partial charge in [-0.2, -0.15) is 9.89 Å². The van der Waals surface area contributed by atoms with Gasteiger partial charge in [0.15, 0.2) is 0 Å². The van der Waals surface area contributed by atoms with Gasteiger partial charge in [-0.25, -0.2) is 4.79 Å². The number of hydrogen-bond donors (Lipinski definition) is 0. The Morgan fingerprint density at radius 2 is 1.95 bits per heavy atom. The van der Waals surface area contributed by atoms with Crippen molar-refractivity contribution in [2.75, 3.05) is 31.2 Å². The molecule has 1 amide bonds. The van der Waals surface area contributed by atoms with Gasteiger partial charge in [0.1, 0.15) is 5.60 Å². The molecule has 6 nitrogen and oxygen atoms in total. The third kappa shape index (κ3) is 3.99. The monoisotopic (exact) mass is 378 g/mol. The Morgan fingerprint density at radius 1 is 1.32 bits per heavy atom. The Bertz CT molecular complexity index is 447. The Labute approximate surface area is 126 Å². The van der Waals surface area contributed by atoms with Crippen molar-refractivity contribution in [3.8, 4) is 0 Å². The second-order valence-electron chi connectivity index (χ2n) is 5.50. The zero-order valence-electron chi connectivity index (χ0n) is 11.5. The number of carbonyl (C=O) groups is 1. The van der Waals surface area contributed by atoms with Crippen LogP contribution in [0.25, 0.3) is 0 Å². The van der Waals surface area contributed by atoms with Gasteiger partial charge in [0, 0.05) is 13.1 Å². The minimum Gasteiger partial charge on any atom is -0.444 e.